The zero-order chi connectivity index (χ0) is 9.26. The molecular formula is C9H15NO3. The summed E-state index contributed by atoms with van der Waals surface area (Å²) in [6, 6.07) is 0. The number of hydrogen-bond donors (Lipinski definition) is 1. The van der Waals surface area contributed by atoms with Crippen LogP contribution in [0.1, 0.15) is 12.8 Å². The molecule has 2 heterocycles. The van der Waals surface area contributed by atoms with E-state index in [1.807, 2.05) is 0 Å². The molecule has 2 aliphatic heterocycles. The van der Waals surface area contributed by atoms with Crippen molar-refractivity contribution in [1.29, 1.82) is 0 Å². The minimum Gasteiger partial charge on any atom is -0.465 e. The summed E-state index contributed by atoms with van der Waals surface area (Å²) in [5.41, 5.74) is 0. The fraction of sp³-hybridized carbons (Fsp3) is 0.889. The van der Waals surface area contributed by atoms with Crippen molar-refractivity contribution >= 4 is 6.09 Å². The van der Waals surface area contributed by atoms with Crippen molar-refractivity contribution in [1.82, 2.24) is 4.90 Å². The van der Waals surface area contributed by atoms with Crippen molar-refractivity contribution in [3.8, 4) is 0 Å². The van der Waals surface area contributed by atoms with Crippen LogP contribution in [0.5, 0.6) is 0 Å². The summed E-state index contributed by atoms with van der Waals surface area (Å²) in [5, 5.41) is 8.74. The van der Waals surface area contributed by atoms with Crippen molar-refractivity contribution in [2.45, 2.75) is 12.8 Å². The molecule has 0 aromatic carbocycles. The Balaban J connectivity index is 1.78. The molecule has 0 spiro atoms. The fourth-order valence-corrected chi connectivity index (χ4v) is 2.09. The Morgan fingerprint density at radius 2 is 1.85 bits per heavy atom. The van der Waals surface area contributed by atoms with E-state index in [1.165, 1.54) is 4.90 Å². The Morgan fingerprint density at radius 1 is 1.23 bits per heavy atom. The third kappa shape index (κ3) is 1.77. The average molecular weight is 185 g/mol. The Morgan fingerprint density at radius 3 is 2.23 bits per heavy atom. The second kappa shape index (κ2) is 3.54. The smallest absolute Gasteiger partial charge is 0.407 e. The number of rotatable bonds is 1. The van der Waals surface area contributed by atoms with Gasteiger partial charge in [0.2, 0.25) is 0 Å². The van der Waals surface area contributed by atoms with Gasteiger partial charge in [-0.3, -0.25) is 0 Å². The van der Waals surface area contributed by atoms with Crippen LogP contribution in [0, 0.1) is 11.8 Å². The zero-order valence-corrected chi connectivity index (χ0v) is 7.61. The first-order valence-corrected chi connectivity index (χ1v) is 4.83. The van der Waals surface area contributed by atoms with Crippen LogP contribution < -0.4 is 0 Å². The van der Waals surface area contributed by atoms with Crippen molar-refractivity contribution in [3.05, 3.63) is 0 Å². The van der Waals surface area contributed by atoms with E-state index < -0.39 is 6.09 Å². The van der Waals surface area contributed by atoms with Gasteiger partial charge in [-0.2, -0.15) is 0 Å². The van der Waals surface area contributed by atoms with Gasteiger partial charge in [0.1, 0.15) is 0 Å². The van der Waals surface area contributed by atoms with Crippen molar-refractivity contribution in [3.63, 3.8) is 0 Å². The van der Waals surface area contributed by atoms with Crippen LogP contribution in [0.15, 0.2) is 0 Å². The lowest BCUT2D eigenvalue weighted by atomic mass is 9.83. The average Bonchev–Trinajstić information content (AvgIpc) is 2.02. The van der Waals surface area contributed by atoms with E-state index >= 15 is 0 Å². The summed E-state index contributed by atoms with van der Waals surface area (Å²) in [7, 11) is 0. The maximum atomic E-state index is 10.6. The first-order valence-electron chi connectivity index (χ1n) is 4.83. The minimum absolute atomic E-state index is 0.698. The molecule has 0 aliphatic carbocycles. The molecular weight excluding hydrogens is 170 g/mol. The molecule has 1 amide bonds. The third-order valence-corrected chi connectivity index (χ3v) is 3.14. The van der Waals surface area contributed by atoms with Crippen LogP contribution in [0.4, 0.5) is 4.79 Å². The summed E-state index contributed by atoms with van der Waals surface area (Å²) in [4.78, 5) is 12.1. The molecule has 0 saturated carbocycles. The minimum atomic E-state index is -0.775. The number of likely N-dealkylation sites (tertiary alicyclic amines) is 1. The summed E-state index contributed by atoms with van der Waals surface area (Å²) in [6.07, 6.45) is 1.25. The van der Waals surface area contributed by atoms with Gasteiger partial charge in [0.15, 0.2) is 0 Å². The lowest BCUT2D eigenvalue weighted by molar-refractivity contribution is -0.0709. The maximum absolute atomic E-state index is 10.6. The number of hydrogen-bond acceptors (Lipinski definition) is 2. The van der Waals surface area contributed by atoms with Gasteiger partial charge < -0.3 is 14.7 Å². The van der Waals surface area contributed by atoms with Gasteiger partial charge in [0.05, 0.1) is 13.2 Å². The van der Waals surface area contributed by atoms with E-state index in [2.05, 4.69) is 0 Å². The van der Waals surface area contributed by atoms with E-state index in [1.54, 1.807) is 0 Å². The Kier molecular flexibility index (Phi) is 2.40. The molecule has 2 aliphatic rings. The van der Waals surface area contributed by atoms with Crippen LogP contribution in [0.3, 0.4) is 0 Å². The van der Waals surface area contributed by atoms with Gasteiger partial charge in [-0.1, -0.05) is 0 Å². The monoisotopic (exact) mass is 185 g/mol. The summed E-state index contributed by atoms with van der Waals surface area (Å²) in [6.45, 7) is 3.18. The van der Waals surface area contributed by atoms with E-state index in [0.717, 1.165) is 26.1 Å². The standard InChI is InChI=1S/C9H15NO3/c11-9(12)10-3-1-7(2-4-10)8-5-13-6-8/h7-8H,1-6H2,(H,11,12). The number of amides is 1. The summed E-state index contributed by atoms with van der Waals surface area (Å²) in [5.74, 6) is 1.40. The van der Waals surface area contributed by atoms with E-state index in [9.17, 15) is 4.79 Å². The highest BCUT2D eigenvalue weighted by Crippen LogP contribution is 2.29. The van der Waals surface area contributed by atoms with Gasteiger partial charge in [0, 0.05) is 19.0 Å². The van der Waals surface area contributed by atoms with Gasteiger partial charge in [-0.15, -0.1) is 0 Å². The van der Waals surface area contributed by atoms with Crippen LogP contribution >= 0.6 is 0 Å². The first kappa shape index (κ1) is 8.81. The molecule has 0 aromatic heterocycles. The van der Waals surface area contributed by atoms with Gasteiger partial charge in [-0.25, -0.2) is 4.79 Å². The molecule has 0 aromatic rings. The molecule has 0 atom stereocenters. The molecule has 0 bridgehead atoms. The van der Waals surface area contributed by atoms with Crippen LogP contribution in [-0.4, -0.2) is 42.4 Å². The summed E-state index contributed by atoms with van der Waals surface area (Å²) >= 11 is 0. The highest BCUT2D eigenvalue weighted by atomic mass is 16.5. The number of piperidine rings is 1. The van der Waals surface area contributed by atoms with E-state index in [-0.39, 0.29) is 0 Å². The Hall–Kier alpha value is -0.770. The fourth-order valence-electron chi connectivity index (χ4n) is 2.09. The second-order valence-corrected chi connectivity index (χ2v) is 3.90. The molecule has 4 heteroatoms. The number of nitrogens with zero attached hydrogens (tertiary/aromatic N) is 1. The summed E-state index contributed by atoms with van der Waals surface area (Å²) < 4.78 is 5.13. The lowest BCUT2D eigenvalue weighted by Crippen LogP contribution is -2.43. The Bertz CT molecular complexity index is 195. The number of carboxylic acid groups (broad SMARTS) is 1. The van der Waals surface area contributed by atoms with Gasteiger partial charge in [-0.05, 0) is 18.8 Å². The van der Waals surface area contributed by atoms with Crippen molar-refractivity contribution < 1.29 is 14.6 Å². The van der Waals surface area contributed by atoms with E-state index in [0.29, 0.717) is 24.9 Å². The molecule has 0 radical (unpaired) electrons. The van der Waals surface area contributed by atoms with Crippen LogP contribution in [-0.2, 0) is 4.74 Å². The molecule has 74 valence electrons. The van der Waals surface area contributed by atoms with Gasteiger partial charge >= 0.3 is 6.09 Å². The second-order valence-electron chi connectivity index (χ2n) is 3.90. The number of ether oxygens (including phenoxy) is 1. The van der Waals surface area contributed by atoms with Crippen LogP contribution in [0.2, 0.25) is 0 Å². The first-order chi connectivity index (χ1) is 6.27. The molecule has 2 rings (SSSR count). The predicted octanol–water partition coefficient (Wildman–Crippen LogP) is 1.02. The zero-order valence-electron chi connectivity index (χ0n) is 7.61. The molecule has 2 fully saturated rings. The normalized spacial score (nSPS) is 25.7. The lowest BCUT2D eigenvalue weighted by Gasteiger charge is -2.38. The molecule has 4 nitrogen and oxygen atoms in total. The molecule has 13 heavy (non-hydrogen) atoms. The largest absolute Gasteiger partial charge is 0.465 e. The van der Waals surface area contributed by atoms with E-state index in [4.69, 9.17) is 9.84 Å². The molecule has 0 unspecified atom stereocenters. The third-order valence-electron chi connectivity index (χ3n) is 3.14. The molecule has 2 saturated heterocycles. The highest BCUT2D eigenvalue weighted by Gasteiger charge is 2.32. The SMILES string of the molecule is O=C(O)N1CCC(C2COC2)CC1. The Labute approximate surface area is 77.5 Å². The van der Waals surface area contributed by atoms with Crippen molar-refractivity contribution in [2.24, 2.45) is 11.8 Å². The topological polar surface area (TPSA) is 49.8 Å². The molecule has 1 N–H and O–H groups in total. The van der Waals surface area contributed by atoms with Crippen molar-refractivity contribution in [2.75, 3.05) is 26.3 Å². The number of carbonyl (C=O) groups is 1. The van der Waals surface area contributed by atoms with Gasteiger partial charge in [0.25, 0.3) is 0 Å². The quantitative estimate of drug-likeness (QED) is 0.663. The maximum Gasteiger partial charge on any atom is 0.407 e. The predicted molar refractivity (Wildman–Crippen MR) is 46.6 cm³/mol. The highest BCUT2D eigenvalue weighted by molar-refractivity contribution is 5.64. The van der Waals surface area contributed by atoms with Crippen LogP contribution in [0.25, 0.3) is 0 Å².